The lowest BCUT2D eigenvalue weighted by Gasteiger charge is -2.22. The number of methoxy groups -OCH3 is 1. The van der Waals surface area contributed by atoms with Gasteiger partial charge in [0.05, 0.1) is 17.2 Å². The van der Waals surface area contributed by atoms with Crippen LogP contribution in [0.2, 0.25) is 0 Å². The second kappa shape index (κ2) is 6.91. The Kier molecular flexibility index (Phi) is 5.82. The number of aliphatic hydroxyl groups is 1. The fourth-order valence-corrected chi connectivity index (χ4v) is 2.35. The Morgan fingerprint density at radius 2 is 2.21 bits per heavy atom. The van der Waals surface area contributed by atoms with E-state index in [0.717, 1.165) is 10.9 Å². The molecule has 0 bridgehead atoms. The van der Waals surface area contributed by atoms with Crippen molar-refractivity contribution in [3.63, 3.8) is 0 Å². The molecule has 0 aliphatic carbocycles. The van der Waals surface area contributed by atoms with Crippen molar-refractivity contribution in [2.24, 2.45) is 0 Å². The molecule has 2 N–H and O–H groups in total. The molecule has 106 valence electrons. The third-order valence-corrected chi connectivity index (χ3v) is 3.45. The molecule has 1 atom stereocenters. The average molecular weight is 330 g/mol. The molecule has 0 fully saturated rings. The number of benzene rings is 1. The van der Waals surface area contributed by atoms with Crippen LogP contribution < -0.4 is 10.1 Å². The van der Waals surface area contributed by atoms with E-state index in [2.05, 4.69) is 21.2 Å². The summed E-state index contributed by atoms with van der Waals surface area (Å²) in [5.41, 5.74) is -0.339. The summed E-state index contributed by atoms with van der Waals surface area (Å²) in [6, 6.07) is 5.11. The van der Waals surface area contributed by atoms with E-state index in [4.69, 9.17) is 4.74 Å². The molecular formula is C14H20BrNO3. The molecule has 1 aromatic rings. The van der Waals surface area contributed by atoms with Crippen LogP contribution in [-0.2, 0) is 0 Å². The number of hydrogen-bond donors (Lipinski definition) is 2. The third kappa shape index (κ3) is 4.84. The van der Waals surface area contributed by atoms with Crippen LogP contribution in [0.3, 0.4) is 0 Å². The molecule has 5 heteroatoms. The highest BCUT2D eigenvalue weighted by molar-refractivity contribution is 9.10. The van der Waals surface area contributed by atoms with Crippen molar-refractivity contribution in [3.8, 4) is 5.75 Å². The summed E-state index contributed by atoms with van der Waals surface area (Å²) in [5.74, 6) is 0.467. The standard InChI is InChI=1S/C14H20BrNO3/c1-4-7-14(2,18)9-16-13(17)10-5-6-12(19-3)11(15)8-10/h5-6,8,18H,4,7,9H2,1-3H3,(H,16,17). The van der Waals surface area contributed by atoms with Gasteiger partial charge >= 0.3 is 0 Å². The summed E-state index contributed by atoms with van der Waals surface area (Å²) in [7, 11) is 1.57. The molecular weight excluding hydrogens is 310 g/mol. The topological polar surface area (TPSA) is 58.6 Å². The van der Waals surface area contributed by atoms with Crippen molar-refractivity contribution < 1.29 is 14.6 Å². The second-order valence-electron chi connectivity index (χ2n) is 4.78. The zero-order chi connectivity index (χ0) is 14.5. The lowest BCUT2D eigenvalue weighted by molar-refractivity contribution is 0.0469. The Morgan fingerprint density at radius 3 is 2.74 bits per heavy atom. The van der Waals surface area contributed by atoms with E-state index < -0.39 is 5.60 Å². The molecule has 0 heterocycles. The van der Waals surface area contributed by atoms with Gasteiger partial charge in [-0.1, -0.05) is 13.3 Å². The van der Waals surface area contributed by atoms with Gasteiger partial charge in [0.2, 0.25) is 0 Å². The van der Waals surface area contributed by atoms with Crippen molar-refractivity contribution >= 4 is 21.8 Å². The lowest BCUT2D eigenvalue weighted by Crippen LogP contribution is -2.40. The number of rotatable bonds is 6. The summed E-state index contributed by atoms with van der Waals surface area (Å²) in [6.07, 6.45) is 1.52. The molecule has 4 nitrogen and oxygen atoms in total. The number of carbonyl (C=O) groups excluding carboxylic acids is 1. The van der Waals surface area contributed by atoms with E-state index in [-0.39, 0.29) is 12.5 Å². The first kappa shape index (κ1) is 16.0. The van der Waals surface area contributed by atoms with Crippen LogP contribution >= 0.6 is 15.9 Å². The van der Waals surface area contributed by atoms with Crippen molar-refractivity contribution in [1.29, 1.82) is 0 Å². The van der Waals surface area contributed by atoms with E-state index in [9.17, 15) is 9.90 Å². The minimum Gasteiger partial charge on any atom is -0.496 e. The van der Waals surface area contributed by atoms with Gasteiger partial charge in [0.15, 0.2) is 0 Å². The molecule has 0 aliphatic rings. The van der Waals surface area contributed by atoms with Gasteiger partial charge in [0.25, 0.3) is 5.91 Å². The maximum atomic E-state index is 12.0. The van der Waals surface area contributed by atoms with Crippen LogP contribution in [0.5, 0.6) is 5.75 Å². The van der Waals surface area contributed by atoms with Crippen molar-refractivity contribution in [1.82, 2.24) is 5.32 Å². The molecule has 0 saturated carbocycles. The molecule has 0 spiro atoms. The summed E-state index contributed by atoms with van der Waals surface area (Å²) in [4.78, 5) is 12.0. The van der Waals surface area contributed by atoms with E-state index in [0.29, 0.717) is 17.7 Å². The molecule has 1 aromatic carbocycles. The van der Waals surface area contributed by atoms with Crippen LogP contribution in [0.1, 0.15) is 37.0 Å². The Hall–Kier alpha value is -1.07. The predicted molar refractivity (Wildman–Crippen MR) is 78.6 cm³/mol. The lowest BCUT2D eigenvalue weighted by atomic mass is 10.0. The van der Waals surface area contributed by atoms with Crippen molar-refractivity contribution in [3.05, 3.63) is 28.2 Å². The summed E-state index contributed by atoms with van der Waals surface area (Å²) < 4.78 is 5.83. The summed E-state index contributed by atoms with van der Waals surface area (Å²) >= 11 is 3.34. The largest absolute Gasteiger partial charge is 0.496 e. The second-order valence-corrected chi connectivity index (χ2v) is 5.63. The monoisotopic (exact) mass is 329 g/mol. The maximum absolute atomic E-state index is 12.0. The zero-order valence-corrected chi connectivity index (χ0v) is 13.1. The highest BCUT2D eigenvalue weighted by Crippen LogP contribution is 2.25. The van der Waals surface area contributed by atoms with Gasteiger partial charge in [-0.3, -0.25) is 4.79 Å². The maximum Gasteiger partial charge on any atom is 0.251 e. The fourth-order valence-electron chi connectivity index (χ4n) is 1.81. The van der Waals surface area contributed by atoms with E-state index in [1.165, 1.54) is 0 Å². The molecule has 19 heavy (non-hydrogen) atoms. The molecule has 1 rings (SSSR count). The van der Waals surface area contributed by atoms with E-state index in [1.807, 2.05) is 6.92 Å². The van der Waals surface area contributed by atoms with Crippen molar-refractivity contribution in [2.45, 2.75) is 32.3 Å². The van der Waals surface area contributed by atoms with Crippen molar-refractivity contribution in [2.75, 3.05) is 13.7 Å². The number of carbonyl (C=O) groups is 1. The van der Waals surface area contributed by atoms with Crippen LogP contribution in [0.4, 0.5) is 0 Å². The Bertz CT molecular complexity index is 446. The zero-order valence-electron chi connectivity index (χ0n) is 11.5. The van der Waals surface area contributed by atoms with Crippen LogP contribution in [-0.4, -0.2) is 30.3 Å². The molecule has 0 saturated heterocycles. The number of amides is 1. The molecule has 1 amide bonds. The number of nitrogens with one attached hydrogen (secondary N) is 1. The van der Waals surface area contributed by atoms with Crippen LogP contribution in [0.15, 0.2) is 22.7 Å². The van der Waals surface area contributed by atoms with Crippen LogP contribution in [0, 0.1) is 0 Å². The van der Waals surface area contributed by atoms with Gasteiger partial charge < -0.3 is 15.2 Å². The normalized spacial score (nSPS) is 13.7. The summed E-state index contributed by atoms with van der Waals surface area (Å²) in [5, 5.41) is 12.7. The van der Waals surface area contributed by atoms with Gasteiger partial charge in [-0.2, -0.15) is 0 Å². The fraction of sp³-hybridized carbons (Fsp3) is 0.500. The summed E-state index contributed by atoms with van der Waals surface area (Å²) in [6.45, 7) is 3.96. The van der Waals surface area contributed by atoms with Gasteiger partial charge in [-0.05, 0) is 47.5 Å². The molecule has 0 radical (unpaired) electrons. The van der Waals surface area contributed by atoms with Crippen LogP contribution in [0.25, 0.3) is 0 Å². The van der Waals surface area contributed by atoms with Gasteiger partial charge in [-0.25, -0.2) is 0 Å². The first-order valence-electron chi connectivity index (χ1n) is 6.23. The molecule has 1 unspecified atom stereocenters. The average Bonchev–Trinajstić information content (AvgIpc) is 2.36. The Morgan fingerprint density at radius 1 is 1.53 bits per heavy atom. The first-order chi connectivity index (χ1) is 8.89. The predicted octanol–water partition coefficient (Wildman–Crippen LogP) is 2.74. The highest BCUT2D eigenvalue weighted by atomic mass is 79.9. The number of ether oxygens (including phenoxy) is 1. The van der Waals surface area contributed by atoms with Gasteiger partial charge in [0.1, 0.15) is 5.75 Å². The van der Waals surface area contributed by atoms with E-state index in [1.54, 1.807) is 32.2 Å². The number of hydrogen-bond acceptors (Lipinski definition) is 3. The smallest absolute Gasteiger partial charge is 0.251 e. The van der Waals surface area contributed by atoms with E-state index >= 15 is 0 Å². The van der Waals surface area contributed by atoms with Gasteiger partial charge in [-0.15, -0.1) is 0 Å². The Balaban J connectivity index is 2.66. The van der Waals surface area contributed by atoms with Gasteiger partial charge in [0, 0.05) is 12.1 Å². The quantitative estimate of drug-likeness (QED) is 0.843. The Labute approximate surface area is 122 Å². The molecule has 0 aliphatic heterocycles. The minimum absolute atomic E-state index is 0.209. The minimum atomic E-state index is -0.867. The number of halogens is 1. The third-order valence-electron chi connectivity index (χ3n) is 2.83. The highest BCUT2D eigenvalue weighted by Gasteiger charge is 2.20. The SMILES string of the molecule is CCCC(C)(O)CNC(=O)c1ccc(OC)c(Br)c1. The molecule has 0 aromatic heterocycles. The first-order valence-corrected chi connectivity index (χ1v) is 7.03.